The van der Waals surface area contributed by atoms with Gasteiger partial charge in [0.25, 0.3) is 5.91 Å². The number of nitrogens with zero attached hydrogens (tertiary/aromatic N) is 7. The number of hydrogen-bond donors (Lipinski definition) is 5. The first-order valence-corrected chi connectivity index (χ1v) is 22.5. The van der Waals surface area contributed by atoms with E-state index in [0.29, 0.717) is 41.5 Å². The van der Waals surface area contributed by atoms with Crippen LogP contribution in [0.2, 0.25) is 0 Å². The molecule has 0 aliphatic carbocycles. The van der Waals surface area contributed by atoms with Crippen LogP contribution in [-0.2, 0) is 24.3 Å². The first-order valence-electron chi connectivity index (χ1n) is 22.5. The maximum absolute atomic E-state index is 12.6. The predicted molar refractivity (Wildman–Crippen MR) is 257 cm³/mol. The van der Waals surface area contributed by atoms with E-state index in [9.17, 15) is 14.4 Å². The van der Waals surface area contributed by atoms with Crippen LogP contribution in [-0.4, -0.2) is 83.1 Å². The molecule has 63 heavy (non-hydrogen) atoms. The lowest BCUT2D eigenvalue weighted by molar-refractivity contribution is -0.119. The molecule has 0 fully saturated rings. The van der Waals surface area contributed by atoms with Crippen molar-refractivity contribution < 1.29 is 9.59 Å². The molecule has 2 aromatic carbocycles. The Kier molecular flexibility index (Phi) is 16.5. The molecule has 1 amide bonds. The van der Waals surface area contributed by atoms with Gasteiger partial charge in [-0.3, -0.25) is 18.8 Å². The Labute approximate surface area is 371 Å². The van der Waals surface area contributed by atoms with Crippen LogP contribution in [0.4, 0.5) is 17.6 Å². The number of H-pyrrole nitrogens is 1. The highest BCUT2D eigenvalue weighted by Gasteiger charge is 2.19. The second-order valence-corrected chi connectivity index (χ2v) is 18.8. The number of unbranched alkanes of at least 4 members (excludes halogenated alkanes) is 4. The van der Waals surface area contributed by atoms with Crippen molar-refractivity contribution in [2.24, 2.45) is 5.41 Å². The minimum absolute atomic E-state index is 0.00165. The van der Waals surface area contributed by atoms with E-state index in [1.165, 1.54) is 34.8 Å². The number of fused-ring (bicyclic) bond motifs is 4. The average Bonchev–Trinajstić information content (AvgIpc) is 3.80. The molecule has 0 aliphatic rings. The molecule has 4 aromatic heterocycles. The molecule has 15 nitrogen and oxygen atoms in total. The zero-order valence-electron chi connectivity index (χ0n) is 39.0. The minimum Gasteiger partial charge on any atom is -0.382 e. The van der Waals surface area contributed by atoms with Crippen LogP contribution in [0, 0.1) is 5.41 Å². The maximum atomic E-state index is 12.6. The highest BCUT2D eigenvalue weighted by atomic mass is 16.2. The molecule has 15 heteroatoms. The van der Waals surface area contributed by atoms with E-state index in [4.69, 9.17) is 11.5 Å². The Bertz CT molecular complexity index is 2520. The average molecular weight is 863 g/mol. The Hall–Kier alpha value is -5.83. The smallest absolute Gasteiger partial charge is 0.328 e. The zero-order valence-corrected chi connectivity index (χ0v) is 39.0. The summed E-state index contributed by atoms with van der Waals surface area (Å²) >= 11 is 0. The second kappa shape index (κ2) is 21.5. The van der Waals surface area contributed by atoms with Gasteiger partial charge in [-0.25, -0.2) is 9.78 Å². The summed E-state index contributed by atoms with van der Waals surface area (Å²) in [5.41, 5.74) is 17.2. The summed E-state index contributed by atoms with van der Waals surface area (Å²) in [6, 6.07) is 13.5. The van der Waals surface area contributed by atoms with Crippen molar-refractivity contribution in [2.45, 2.75) is 132 Å². The number of nitrogens with two attached hydrogens (primary N) is 2. The number of nitrogen functional groups attached to an aromatic ring is 2. The molecule has 0 atom stereocenters. The van der Waals surface area contributed by atoms with Crippen LogP contribution < -0.4 is 27.8 Å². The number of aromatic amines is 1. The zero-order chi connectivity index (χ0) is 45.9. The molecule has 0 bridgehead atoms. The van der Waals surface area contributed by atoms with Crippen LogP contribution >= 0.6 is 0 Å². The van der Waals surface area contributed by atoms with Gasteiger partial charge in [-0.1, -0.05) is 72.1 Å². The standard InChI is InChI=1S/C24H33N7O3.C24H37N5/c1-5-6-11-26-22-29-19(25)18-20(30-22)31(23(34)28-18)14-15-7-9-16(10-8-15)21(33)27-13-17(32)12-24(2,3)4;1-6-7-15-29-17-20-19-16-18(11-9-8-10-14-28(5)24(2,3)4)12-13-21(19)26-23(25)22(20)27-29/h7-10H,5-6,11-14H2,1-4H3,(H,27,33)(H,28,34)(H3,25,26,29,30);12-13,16-17H,6-11,14-15H2,1-5H3,(H2,25,26). The third kappa shape index (κ3) is 13.6. The molecule has 0 radical (unpaired) electrons. The number of pyridine rings is 1. The Morgan fingerprint density at radius 3 is 2.24 bits per heavy atom. The first-order chi connectivity index (χ1) is 29.9. The fourth-order valence-corrected chi connectivity index (χ4v) is 7.20. The number of benzene rings is 2. The fraction of sp³-hybridized carbons (Fsp3) is 0.521. The van der Waals surface area contributed by atoms with Gasteiger partial charge in [-0.15, -0.1) is 0 Å². The third-order valence-electron chi connectivity index (χ3n) is 11.1. The molecule has 0 aliphatic heterocycles. The monoisotopic (exact) mass is 863 g/mol. The number of aromatic nitrogens is 7. The number of carbonyl (C=O) groups is 2. The summed E-state index contributed by atoms with van der Waals surface area (Å²) in [6.07, 6.45) is 11.6. The van der Waals surface area contributed by atoms with Crippen molar-refractivity contribution in [3.63, 3.8) is 0 Å². The SMILES string of the molecule is CCCCNc1nc(N)c2[nH]c(=O)n(Cc3ccc(C(=O)NCC(=O)CC(C)(C)C)cc3)c2n1.CCCCn1cc2c(n1)c(N)nc1ccc(CCCCCN(C)C(C)(C)C)cc12. The number of aryl methyl sites for hydroxylation is 2. The van der Waals surface area contributed by atoms with Crippen molar-refractivity contribution in [3.8, 4) is 0 Å². The molecule has 6 aromatic rings. The van der Waals surface area contributed by atoms with Crippen LogP contribution in [0.15, 0.2) is 53.5 Å². The first kappa shape index (κ1) is 48.2. The Balaban J connectivity index is 0.000000240. The third-order valence-corrected chi connectivity index (χ3v) is 11.1. The van der Waals surface area contributed by atoms with Gasteiger partial charge in [-0.05, 0) is 107 Å². The summed E-state index contributed by atoms with van der Waals surface area (Å²) in [4.78, 5) is 55.4. The van der Waals surface area contributed by atoms with Crippen molar-refractivity contribution in [1.82, 2.24) is 44.5 Å². The summed E-state index contributed by atoms with van der Waals surface area (Å²) < 4.78 is 3.50. The minimum atomic E-state index is -0.346. The highest BCUT2D eigenvalue weighted by molar-refractivity contribution is 6.08. The number of carbonyl (C=O) groups excluding carboxylic acids is 2. The van der Waals surface area contributed by atoms with Gasteiger partial charge in [0.2, 0.25) is 5.95 Å². The molecule has 0 spiro atoms. The van der Waals surface area contributed by atoms with E-state index in [0.717, 1.165) is 67.2 Å². The van der Waals surface area contributed by atoms with Gasteiger partial charge in [-0.2, -0.15) is 15.1 Å². The Morgan fingerprint density at radius 2 is 1.56 bits per heavy atom. The van der Waals surface area contributed by atoms with Crippen molar-refractivity contribution >= 4 is 62.2 Å². The number of nitrogens with one attached hydrogen (secondary N) is 3. The number of rotatable bonds is 19. The number of hydrogen-bond acceptors (Lipinski definition) is 11. The van der Waals surface area contributed by atoms with Crippen LogP contribution in [0.25, 0.3) is 33.0 Å². The van der Waals surface area contributed by atoms with E-state index in [1.54, 1.807) is 24.3 Å². The molecule has 6 rings (SSSR count). The topological polar surface area (TPSA) is 208 Å². The largest absolute Gasteiger partial charge is 0.382 e. The normalized spacial score (nSPS) is 12.0. The van der Waals surface area contributed by atoms with Crippen LogP contribution in [0.1, 0.15) is 128 Å². The molecule has 4 heterocycles. The summed E-state index contributed by atoms with van der Waals surface area (Å²) in [5, 5.41) is 12.8. The van der Waals surface area contributed by atoms with Crippen LogP contribution in [0.5, 0.6) is 0 Å². The number of amides is 1. The van der Waals surface area contributed by atoms with E-state index < -0.39 is 0 Å². The quantitative estimate of drug-likeness (QED) is 0.0492. The molecule has 340 valence electrons. The van der Waals surface area contributed by atoms with Gasteiger partial charge in [0, 0.05) is 47.6 Å². The number of Topliss-reactive ketones (excluding diaryl/α,β-unsaturated/α-hetero) is 1. The summed E-state index contributed by atoms with van der Waals surface area (Å²) in [5.74, 6) is 0.771. The predicted octanol–water partition coefficient (Wildman–Crippen LogP) is 8.11. The molecule has 0 saturated carbocycles. The molecular formula is C48H70N12O3. The van der Waals surface area contributed by atoms with Gasteiger partial charge in [0.15, 0.2) is 23.1 Å². The van der Waals surface area contributed by atoms with Crippen LogP contribution in [0.3, 0.4) is 0 Å². The lowest BCUT2D eigenvalue weighted by Gasteiger charge is -2.31. The maximum Gasteiger partial charge on any atom is 0.328 e. The Morgan fingerprint density at radius 1 is 0.841 bits per heavy atom. The molecule has 0 saturated heterocycles. The van der Waals surface area contributed by atoms with E-state index in [1.807, 2.05) is 25.5 Å². The lowest BCUT2D eigenvalue weighted by atomic mass is 9.90. The van der Waals surface area contributed by atoms with Gasteiger partial charge >= 0.3 is 5.69 Å². The highest BCUT2D eigenvalue weighted by Crippen LogP contribution is 2.29. The van der Waals surface area contributed by atoms with E-state index >= 15 is 0 Å². The number of imidazole rings is 1. The van der Waals surface area contributed by atoms with Gasteiger partial charge in [0.05, 0.1) is 18.6 Å². The molecule has 0 unspecified atom stereocenters. The second-order valence-electron chi connectivity index (χ2n) is 18.8. The number of anilines is 3. The van der Waals surface area contributed by atoms with Crippen molar-refractivity contribution in [3.05, 3.63) is 75.8 Å². The van der Waals surface area contributed by atoms with E-state index in [2.05, 4.69) is 107 Å². The van der Waals surface area contributed by atoms with E-state index in [-0.39, 0.29) is 47.2 Å². The number of ketones is 1. The molecular weight excluding hydrogens is 793 g/mol. The fourth-order valence-electron chi connectivity index (χ4n) is 7.20. The van der Waals surface area contributed by atoms with Gasteiger partial charge in [0.1, 0.15) is 11.0 Å². The van der Waals surface area contributed by atoms with Crippen molar-refractivity contribution in [2.75, 3.05) is 43.5 Å². The van der Waals surface area contributed by atoms with Crippen molar-refractivity contribution in [1.29, 1.82) is 0 Å². The lowest BCUT2D eigenvalue weighted by Crippen LogP contribution is -2.38. The van der Waals surface area contributed by atoms with Gasteiger partial charge < -0.3 is 32.0 Å². The summed E-state index contributed by atoms with van der Waals surface area (Å²) in [6.45, 7) is 20.1. The molecule has 7 N–H and O–H groups in total. The summed E-state index contributed by atoms with van der Waals surface area (Å²) in [7, 11) is 2.22.